The second-order valence-electron chi connectivity index (χ2n) is 11.0. The lowest BCUT2D eigenvalue weighted by atomic mass is 9.97. The zero-order valence-electron chi connectivity index (χ0n) is 25.9. The minimum atomic E-state index is 1.30. The van der Waals surface area contributed by atoms with Crippen LogP contribution >= 0.6 is 0 Å². The molecule has 0 heterocycles. The molecule has 6 aromatic carbocycles. The summed E-state index contributed by atoms with van der Waals surface area (Å²) in [5.74, 6) is 0. The van der Waals surface area contributed by atoms with Gasteiger partial charge < -0.3 is 0 Å². The molecule has 0 amide bonds. The van der Waals surface area contributed by atoms with Crippen LogP contribution in [0.4, 0.5) is 0 Å². The summed E-state index contributed by atoms with van der Waals surface area (Å²) in [6.07, 6.45) is 0. The topological polar surface area (TPSA) is 0 Å². The third-order valence-electron chi connectivity index (χ3n) is 7.46. The highest BCUT2D eigenvalue weighted by Gasteiger charge is 2.02. The molecule has 0 unspecified atom stereocenters. The van der Waals surface area contributed by atoms with Gasteiger partial charge in [0.1, 0.15) is 0 Å². The normalized spacial score (nSPS) is 10.1. The fourth-order valence-electron chi connectivity index (χ4n) is 5.03. The van der Waals surface area contributed by atoms with Crippen LogP contribution in [0.25, 0.3) is 33.4 Å². The van der Waals surface area contributed by atoms with Crippen molar-refractivity contribution in [3.8, 4) is 33.4 Å². The van der Waals surface area contributed by atoms with Gasteiger partial charge >= 0.3 is 0 Å². The van der Waals surface area contributed by atoms with E-state index in [1.165, 1.54) is 66.8 Å². The first-order chi connectivity index (χ1) is 20.3. The first-order valence-electron chi connectivity index (χ1n) is 14.7. The zero-order chi connectivity index (χ0) is 29.9. The monoisotopic (exact) mass is 546 g/mol. The molecule has 0 saturated carbocycles. The number of benzene rings is 6. The van der Waals surface area contributed by atoms with Gasteiger partial charge in [-0.25, -0.2) is 0 Å². The molecule has 0 heteroatoms. The van der Waals surface area contributed by atoms with Crippen LogP contribution < -0.4 is 0 Å². The fraction of sp³-hybridized carbons (Fsp3) is 0.143. The van der Waals surface area contributed by atoms with E-state index in [1.807, 2.05) is 0 Å². The summed E-state index contributed by atoms with van der Waals surface area (Å²) < 4.78 is 0. The largest absolute Gasteiger partial charge is 0.0620 e. The number of rotatable bonds is 3. The molecule has 0 N–H and O–H groups in total. The molecule has 0 saturated heterocycles. The first-order valence-corrected chi connectivity index (χ1v) is 14.7. The van der Waals surface area contributed by atoms with Gasteiger partial charge in [-0.2, -0.15) is 0 Å². The van der Waals surface area contributed by atoms with Crippen LogP contribution in [0.1, 0.15) is 33.4 Å². The fourth-order valence-corrected chi connectivity index (χ4v) is 5.03. The molecule has 6 rings (SSSR count). The SMILES string of the molecule is Cc1ccc(-c2ccccc2C)cc1.Cc1cccc(-c2cccc(C)c2)c1.Cc1ccccc1-c1ccccc1C. The molecular weight excluding hydrogens is 504 g/mol. The number of hydrogen-bond acceptors (Lipinski definition) is 0. The van der Waals surface area contributed by atoms with Gasteiger partial charge in [0.2, 0.25) is 0 Å². The van der Waals surface area contributed by atoms with Gasteiger partial charge in [0.15, 0.2) is 0 Å². The molecule has 0 spiro atoms. The smallest absolute Gasteiger partial charge is 0.0152 e. The van der Waals surface area contributed by atoms with Crippen LogP contribution in [-0.4, -0.2) is 0 Å². The van der Waals surface area contributed by atoms with Gasteiger partial charge in [-0.15, -0.1) is 0 Å². The highest BCUT2D eigenvalue weighted by atomic mass is 14.1. The second-order valence-corrected chi connectivity index (χ2v) is 11.0. The molecule has 0 aliphatic heterocycles. The van der Waals surface area contributed by atoms with E-state index in [0.29, 0.717) is 0 Å². The second kappa shape index (κ2) is 14.8. The van der Waals surface area contributed by atoms with E-state index >= 15 is 0 Å². The predicted octanol–water partition coefficient (Wildman–Crippen LogP) is 11.9. The summed E-state index contributed by atoms with van der Waals surface area (Å²) >= 11 is 0. The quantitative estimate of drug-likeness (QED) is 0.207. The molecule has 0 aliphatic carbocycles. The molecule has 0 fully saturated rings. The Morgan fingerprint density at radius 1 is 0.262 bits per heavy atom. The van der Waals surface area contributed by atoms with E-state index in [1.54, 1.807) is 0 Å². The van der Waals surface area contributed by atoms with Crippen molar-refractivity contribution in [3.05, 3.63) is 179 Å². The summed E-state index contributed by atoms with van der Waals surface area (Å²) in [7, 11) is 0. The van der Waals surface area contributed by atoms with Gasteiger partial charge in [-0.3, -0.25) is 0 Å². The molecule has 0 aliphatic rings. The van der Waals surface area contributed by atoms with E-state index in [9.17, 15) is 0 Å². The van der Waals surface area contributed by atoms with Crippen molar-refractivity contribution in [1.29, 1.82) is 0 Å². The predicted molar refractivity (Wildman–Crippen MR) is 184 cm³/mol. The third kappa shape index (κ3) is 8.41. The van der Waals surface area contributed by atoms with Crippen molar-refractivity contribution in [2.45, 2.75) is 41.5 Å². The molecule has 210 valence electrons. The maximum Gasteiger partial charge on any atom is -0.0152 e. The Kier molecular flexibility index (Phi) is 10.7. The molecule has 0 atom stereocenters. The molecular formula is C42H42. The van der Waals surface area contributed by atoms with Gasteiger partial charge in [0.25, 0.3) is 0 Å². The van der Waals surface area contributed by atoms with Crippen molar-refractivity contribution in [2.24, 2.45) is 0 Å². The summed E-state index contributed by atoms with van der Waals surface area (Å²) in [5.41, 5.74) is 15.8. The minimum absolute atomic E-state index is 1.30. The highest BCUT2D eigenvalue weighted by Crippen LogP contribution is 2.26. The van der Waals surface area contributed by atoms with Crippen LogP contribution in [0.3, 0.4) is 0 Å². The lowest BCUT2D eigenvalue weighted by molar-refractivity contribution is 1.41. The summed E-state index contributed by atoms with van der Waals surface area (Å²) in [4.78, 5) is 0. The van der Waals surface area contributed by atoms with Crippen LogP contribution in [0.5, 0.6) is 0 Å². The Bertz CT molecular complexity index is 1630. The molecule has 0 bridgehead atoms. The van der Waals surface area contributed by atoms with Crippen molar-refractivity contribution >= 4 is 0 Å². The maximum atomic E-state index is 2.22. The Morgan fingerprint density at radius 2 is 0.643 bits per heavy atom. The number of hydrogen-bond donors (Lipinski definition) is 0. The summed E-state index contributed by atoms with van der Waals surface area (Å²) in [5, 5.41) is 0. The Labute approximate surface area is 253 Å². The number of aryl methyl sites for hydroxylation is 6. The van der Waals surface area contributed by atoms with E-state index in [4.69, 9.17) is 0 Å². The minimum Gasteiger partial charge on any atom is -0.0620 e. The van der Waals surface area contributed by atoms with Crippen molar-refractivity contribution < 1.29 is 0 Å². The van der Waals surface area contributed by atoms with Gasteiger partial charge in [-0.1, -0.05) is 162 Å². The van der Waals surface area contributed by atoms with Crippen molar-refractivity contribution in [2.75, 3.05) is 0 Å². The van der Waals surface area contributed by atoms with Crippen LogP contribution in [-0.2, 0) is 0 Å². The molecule has 0 radical (unpaired) electrons. The average molecular weight is 547 g/mol. The zero-order valence-corrected chi connectivity index (χ0v) is 25.9. The third-order valence-corrected chi connectivity index (χ3v) is 7.46. The Hall–Kier alpha value is -4.68. The van der Waals surface area contributed by atoms with Gasteiger partial charge in [-0.05, 0) is 91.6 Å². The molecule has 0 nitrogen and oxygen atoms in total. The van der Waals surface area contributed by atoms with Crippen LogP contribution in [0.15, 0.2) is 146 Å². The average Bonchev–Trinajstić information content (AvgIpc) is 2.99. The van der Waals surface area contributed by atoms with Gasteiger partial charge in [0.05, 0.1) is 0 Å². The van der Waals surface area contributed by atoms with Crippen molar-refractivity contribution in [1.82, 2.24) is 0 Å². The lowest BCUT2D eigenvalue weighted by Gasteiger charge is -2.08. The summed E-state index contributed by atoms with van der Waals surface area (Å²) in [6.45, 7) is 12.8. The molecule has 6 aromatic rings. The first kappa shape index (κ1) is 30.3. The van der Waals surface area contributed by atoms with Crippen LogP contribution in [0.2, 0.25) is 0 Å². The van der Waals surface area contributed by atoms with Gasteiger partial charge in [0, 0.05) is 0 Å². The Balaban J connectivity index is 0.000000145. The molecule has 0 aromatic heterocycles. The van der Waals surface area contributed by atoms with E-state index in [0.717, 1.165) is 0 Å². The van der Waals surface area contributed by atoms with Crippen LogP contribution in [0, 0.1) is 41.5 Å². The standard InChI is InChI=1S/3C14H14/c1-11-5-3-7-13(9-11)14-8-4-6-12(2)10-14;1-11-7-3-5-9-13(11)14-10-6-4-8-12(14)2;1-11-7-9-13(10-8-11)14-6-4-3-5-12(14)2/h3*3-10H,1-2H3. The van der Waals surface area contributed by atoms with E-state index in [-0.39, 0.29) is 0 Å². The lowest BCUT2D eigenvalue weighted by Crippen LogP contribution is -1.85. The Morgan fingerprint density at radius 3 is 1.02 bits per heavy atom. The highest BCUT2D eigenvalue weighted by molar-refractivity contribution is 5.70. The van der Waals surface area contributed by atoms with Crippen molar-refractivity contribution in [3.63, 3.8) is 0 Å². The van der Waals surface area contributed by atoms with E-state index in [2.05, 4.69) is 187 Å². The van der Waals surface area contributed by atoms with E-state index < -0.39 is 0 Å². The molecule has 42 heavy (non-hydrogen) atoms. The summed E-state index contributed by atoms with van der Waals surface area (Å²) in [6, 6.07) is 51.4. The maximum absolute atomic E-state index is 2.22.